The predicted molar refractivity (Wildman–Crippen MR) is 91.4 cm³/mol. The molecule has 1 aliphatic rings. The van der Waals surface area contributed by atoms with Crippen molar-refractivity contribution in [2.75, 3.05) is 6.54 Å². The van der Waals surface area contributed by atoms with Gasteiger partial charge in [-0.3, -0.25) is 0 Å². The van der Waals surface area contributed by atoms with E-state index < -0.39 is 10.0 Å². The fourth-order valence-corrected chi connectivity index (χ4v) is 5.46. The Bertz CT molecular complexity index is 756. The van der Waals surface area contributed by atoms with E-state index in [1.54, 1.807) is 21.7 Å². The standard InChI is InChI=1S/C15H15Cl2NO2S2/c16-11-3-6-14(17)15(10-11)22(19,20)18(12-4-5-12)8-7-13-2-1-9-21-13/h1-3,6,9-10,12H,4-5,7-8H2. The van der Waals surface area contributed by atoms with E-state index in [1.807, 2.05) is 17.5 Å². The van der Waals surface area contributed by atoms with Crippen LogP contribution >= 0.6 is 34.5 Å². The van der Waals surface area contributed by atoms with Gasteiger partial charge in [0.05, 0.1) is 5.02 Å². The lowest BCUT2D eigenvalue weighted by molar-refractivity contribution is 0.408. The number of thiophene rings is 1. The highest BCUT2D eigenvalue weighted by Crippen LogP contribution is 2.35. The number of hydrogen-bond donors (Lipinski definition) is 0. The number of sulfonamides is 1. The maximum absolute atomic E-state index is 12.9. The number of rotatable bonds is 6. The highest BCUT2D eigenvalue weighted by molar-refractivity contribution is 7.89. The molecule has 0 aliphatic heterocycles. The van der Waals surface area contributed by atoms with Gasteiger partial charge in [0, 0.05) is 22.5 Å². The SMILES string of the molecule is O=S(=O)(c1cc(Cl)ccc1Cl)N(CCc1cccs1)C1CC1. The van der Waals surface area contributed by atoms with E-state index in [0.717, 1.165) is 12.8 Å². The molecule has 118 valence electrons. The Morgan fingerprint density at radius 3 is 2.64 bits per heavy atom. The molecule has 1 aromatic heterocycles. The van der Waals surface area contributed by atoms with Crippen molar-refractivity contribution in [1.82, 2.24) is 4.31 Å². The Morgan fingerprint density at radius 1 is 1.23 bits per heavy atom. The second-order valence-corrected chi connectivity index (χ2v) is 8.99. The summed E-state index contributed by atoms with van der Waals surface area (Å²) in [7, 11) is -3.62. The molecule has 0 amide bonds. The van der Waals surface area contributed by atoms with Gasteiger partial charge in [-0.2, -0.15) is 4.31 Å². The van der Waals surface area contributed by atoms with Crippen molar-refractivity contribution in [3.63, 3.8) is 0 Å². The van der Waals surface area contributed by atoms with Crippen LogP contribution < -0.4 is 0 Å². The summed E-state index contributed by atoms with van der Waals surface area (Å²) in [4.78, 5) is 1.28. The third-order valence-electron chi connectivity index (χ3n) is 3.59. The van der Waals surface area contributed by atoms with E-state index in [4.69, 9.17) is 23.2 Å². The molecule has 0 N–H and O–H groups in total. The van der Waals surface area contributed by atoms with Gasteiger partial charge in [0.25, 0.3) is 0 Å². The van der Waals surface area contributed by atoms with Gasteiger partial charge in [-0.1, -0.05) is 29.3 Å². The molecule has 0 bridgehead atoms. The van der Waals surface area contributed by atoms with Gasteiger partial charge in [-0.15, -0.1) is 11.3 Å². The molecule has 2 aromatic rings. The van der Waals surface area contributed by atoms with Crippen molar-refractivity contribution >= 4 is 44.6 Å². The van der Waals surface area contributed by atoms with Crippen molar-refractivity contribution < 1.29 is 8.42 Å². The summed E-state index contributed by atoms with van der Waals surface area (Å²) in [5.41, 5.74) is 0. The second kappa shape index (κ2) is 6.49. The van der Waals surface area contributed by atoms with E-state index in [9.17, 15) is 8.42 Å². The van der Waals surface area contributed by atoms with Crippen LogP contribution in [0.15, 0.2) is 40.6 Å². The Hall–Kier alpha value is -0.590. The number of benzene rings is 1. The topological polar surface area (TPSA) is 37.4 Å². The minimum atomic E-state index is -3.62. The van der Waals surface area contributed by atoms with E-state index in [0.29, 0.717) is 18.0 Å². The van der Waals surface area contributed by atoms with Crippen LogP contribution in [0.2, 0.25) is 10.0 Å². The molecular weight excluding hydrogens is 361 g/mol. The van der Waals surface area contributed by atoms with Crippen molar-refractivity contribution in [3.05, 3.63) is 50.6 Å². The van der Waals surface area contributed by atoms with E-state index >= 15 is 0 Å². The molecule has 0 spiro atoms. The molecule has 0 saturated heterocycles. The van der Waals surface area contributed by atoms with Crippen LogP contribution in [-0.2, 0) is 16.4 Å². The summed E-state index contributed by atoms with van der Waals surface area (Å²) >= 11 is 13.7. The summed E-state index contributed by atoms with van der Waals surface area (Å²) < 4.78 is 27.4. The first-order chi connectivity index (χ1) is 10.5. The molecule has 1 heterocycles. The largest absolute Gasteiger partial charge is 0.244 e. The van der Waals surface area contributed by atoms with Gasteiger partial charge in [-0.05, 0) is 48.9 Å². The van der Waals surface area contributed by atoms with Crippen LogP contribution in [0.4, 0.5) is 0 Å². The summed E-state index contributed by atoms with van der Waals surface area (Å²) in [6.45, 7) is 0.469. The molecule has 1 saturated carbocycles. The lowest BCUT2D eigenvalue weighted by Crippen LogP contribution is -2.35. The third kappa shape index (κ3) is 3.49. The van der Waals surface area contributed by atoms with Crippen LogP contribution in [0.5, 0.6) is 0 Å². The summed E-state index contributed by atoms with van der Waals surface area (Å²) in [6.07, 6.45) is 2.52. The van der Waals surface area contributed by atoms with Crippen LogP contribution in [0.3, 0.4) is 0 Å². The van der Waals surface area contributed by atoms with Gasteiger partial charge in [-0.25, -0.2) is 8.42 Å². The van der Waals surface area contributed by atoms with Crippen LogP contribution in [0.1, 0.15) is 17.7 Å². The molecule has 0 radical (unpaired) electrons. The Kier molecular flexibility index (Phi) is 4.80. The van der Waals surface area contributed by atoms with E-state index in [2.05, 4.69) is 0 Å². The summed E-state index contributed by atoms with van der Waals surface area (Å²) in [6, 6.07) is 8.63. The first kappa shape index (κ1) is 16.3. The zero-order valence-corrected chi connectivity index (χ0v) is 14.9. The molecule has 3 rings (SSSR count). The third-order valence-corrected chi connectivity index (χ3v) is 7.20. The second-order valence-electron chi connectivity index (χ2n) is 5.25. The van der Waals surface area contributed by atoms with Gasteiger partial charge >= 0.3 is 0 Å². The van der Waals surface area contributed by atoms with Gasteiger partial charge in [0.2, 0.25) is 10.0 Å². The fourth-order valence-electron chi connectivity index (χ4n) is 2.34. The molecule has 1 aliphatic carbocycles. The minimum absolute atomic E-state index is 0.0833. The van der Waals surface area contributed by atoms with E-state index in [-0.39, 0.29) is 16.0 Å². The molecule has 3 nitrogen and oxygen atoms in total. The van der Waals surface area contributed by atoms with Crippen molar-refractivity contribution in [1.29, 1.82) is 0 Å². The first-order valence-corrected chi connectivity index (χ1v) is 10.1. The van der Waals surface area contributed by atoms with Gasteiger partial charge in [0.15, 0.2) is 0 Å². The minimum Gasteiger partial charge on any atom is -0.207 e. The Morgan fingerprint density at radius 2 is 2.00 bits per heavy atom. The van der Waals surface area contributed by atoms with Crippen molar-refractivity contribution in [3.8, 4) is 0 Å². The Balaban J connectivity index is 1.88. The first-order valence-electron chi connectivity index (χ1n) is 6.98. The molecular formula is C15H15Cl2NO2S2. The maximum Gasteiger partial charge on any atom is 0.244 e. The Labute approximate surface area is 144 Å². The molecule has 0 atom stereocenters. The van der Waals surface area contributed by atoms with Gasteiger partial charge in [0.1, 0.15) is 4.90 Å². The van der Waals surface area contributed by atoms with Crippen molar-refractivity contribution in [2.45, 2.75) is 30.2 Å². The molecule has 1 aromatic carbocycles. The summed E-state index contributed by atoms with van der Waals surface area (Å²) in [5.74, 6) is 0. The lowest BCUT2D eigenvalue weighted by Gasteiger charge is -2.22. The van der Waals surface area contributed by atoms with Crippen molar-refractivity contribution in [2.24, 2.45) is 0 Å². The monoisotopic (exact) mass is 375 g/mol. The fraction of sp³-hybridized carbons (Fsp3) is 0.333. The summed E-state index contributed by atoms with van der Waals surface area (Å²) in [5, 5.41) is 2.59. The normalized spacial score (nSPS) is 15.4. The maximum atomic E-state index is 12.9. The van der Waals surface area contributed by atoms with Gasteiger partial charge < -0.3 is 0 Å². The number of halogens is 2. The molecule has 0 unspecified atom stereocenters. The van der Waals surface area contributed by atoms with Crippen LogP contribution in [0.25, 0.3) is 0 Å². The highest BCUT2D eigenvalue weighted by atomic mass is 35.5. The lowest BCUT2D eigenvalue weighted by atomic mass is 10.3. The average Bonchev–Trinajstić information content (AvgIpc) is 3.16. The smallest absolute Gasteiger partial charge is 0.207 e. The molecule has 22 heavy (non-hydrogen) atoms. The molecule has 7 heteroatoms. The van der Waals surface area contributed by atoms with Crippen LogP contribution in [-0.4, -0.2) is 25.3 Å². The van der Waals surface area contributed by atoms with Crippen LogP contribution in [0, 0.1) is 0 Å². The number of nitrogens with zero attached hydrogens (tertiary/aromatic N) is 1. The average molecular weight is 376 g/mol. The quantitative estimate of drug-likeness (QED) is 0.747. The molecule has 1 fully saturated rings. The highest BCUT2D eigenvalue weighted by Gasteiger charge is 2.38. The number of hydrogen-bond acceptors (Lipinski definition) is 3. The zero-order valence-electron chi connectivity index (χ0n) is 11.7. The zero-order chi connectivity index (χ0) is 15.7. The predicted octanol–water partition coefficient (Wildman–Crippen LogP) is 4.45. The van der Waals surface area contributed by atoms with E-state index in [1.165, 1.54) is 17.0 Å².